The van der Waals surface area contributed by atoms with Crippen LogP contribution in [0.3, 0.4) is 0 Å². The zero-order valence-electron chi connectivity index (χ0n) is 4.61. The molecule has 0 aliphatic rings. The molecule has 8 heavy (non-hydrogen) atoms. The van der Waals surface area contributed by atoms with Crippen molar-refractivity contribution < 1.29 is 5.11 Å². The Kier molecular flexibility index (Phi) is 10.6. The highest BCUT2D eigenvalue weighted by Crippen LogP contribution is 1.94. The van der Waals surface area contributed by atoms with Gasteiger partial charge < -0.3 is 11.3 Å². The van der Waals surface area contributed by atoms with Gasteiger partial charge in [0.2, 0.25) is 0 Å². The van der Waals surface area contributed by atoms with E-state index in [1.54, 1.807) is 0 Å². The van der Waals surface area contributed by atoms with Crippen LogP contribution in [0.5, 0.6) is 0 Å². The molecule has 0 heterocycles. The minimum atomic E-state index is -0.417. The second-order valence-electron chi connectivity index (χ2n) is 1.29. The second kappa shape index (κ2) is 7.50. The van der Waals surface area contributed by atoms with Gasteiger partial charge in [0.15, 0.2) is 0 Å². The smallest absolute Gasteiger partial charge is 0.0686 e. The summed E-state index contributed by atoms with van der Waals surface area (Å²) in [6.45, 7) is 0. The highest BCUT2D eigenvalue weighted by atomic mass is 35.5. The van der Waals surface area contributed by atoms with E-state index in [1.165, 1.54) is 0 Å². The zero-order chi connectivity index (χ0) is 5.70. The highest BCUT2D eigenvalue weighted by Gasteiger charge is 1.97. The Bertz CT molecular complexity index is 45.0. The molecule has 0 aliphatic carbocycles. The number of hydrogen-bond donors (Lipinski definition) is 2. The van der Waals surface area contributed by atoms with Gasteiger partial charge in [-0.1, -0.05) is 0 Å². The fraction of sp³-hybridized carbons (Fsp3) is 1.00. The van der Waals surface area contributed by atoms with E-state index in [4.69, 9.17) is 28.3 Å². The molecule has 4 heteroatoms. The molecule has 0 aliphatic heterocycles. The normalized spacial score (nSPS) is 12.4. The maximum atomic E-state index is 8.64. The molecule has 4 N–H and O–H groups in total. The Morgan fingerprint density at radius 2 is 1.88 bits per heavy atom. The van der Waals surface area contributed by atoms with Crippen LogP contribution in [-0.4, -0.2) is 23.0 Å². The first-order valence-electron chi connectivity index (χ1n) is 2.11. The van der Waals surface area contributed by atoms with Crippen LogP contribution < -0.4 is 6.15 Å². The maximum Gasteiger partial charge on any atom is 0.0686 e. The first-order chi connectivity index (χ1) is 3.31. The number of alkyl halides is 2. The highest BCUT2D eigenvalue weighted by molar-refractivity contribution is 6.19. The Hall–Kier alpha value is 0.500. The molecule has 0 rings (SSSR count). The molecule has 0 bridgehead atoms. The average Bonchev–Trinajstić information content (AvgIpc) is 1.68. The summed E-state index contributed by atoms with van der Waals surface area (Å²) in [6, 6.07) is 0. The molecule has 0 aromatic carbocycles. The van der Waals surface area contributed by atoms with Gasteiger partial charge in [0.1, 0.15) is 0 Å². The molecule has 2 nitrogen and oxygen atoms in total. The minimum Gasteiger partial charge on any atom is -0.392 e. The first kappa shape index (κ1) is 11.3. The summed E-state index contributed by atoms with van der Waals surface area (Å²) in [4.78, 5) is 0. The van der Waals surface area contributed by atoms with Crippen LogP contribution in [-0.2, 0) is 0 Å². The summed E-state index contributed by atoms with van der Waals surface area (Å²) in [5, 5.41) is 8.64. The second-order valence-corrected chi connectivity index (χ2v) is 1.97. The van der Waals surface area contributed by atoms with Crippen LogP contribution in [0.15, 0.2) is 0 Å². The van der Waals surface area contributed by atoms with Gasteiger partial charge in [0.05, 0.1) is 6.10 Å². The van der Waals surface area contributed by atoms with Gasteiger partial charge >= 0.3 is 0 Å². The van der Waals surface area contributed by atoms with Crippen LogP contribution in [0, 0.1) is 0 Å². The average molecular weight is 160 g/mol. The topological polar surface area (TPSA) is 55.2 Å². The van der Waals surface area contributed by atoms with E-state index in [9.17, 15) is 0 Å². The third-order valence-electron chi connectivity index (χ3n) is 0.620. The van der Waals surface area contributed by atoms with Crippen LogP contribution in [0.25, 0.3) is 0 Å². The van der Waals surface area contributed by atoms with Crippen LogP contribution in [0.1, 0.15) is 6.42 Å². The Morgan fingerprint density at radius 3 is 2.00 bits per heavy atom. The van der Waals surface area contributed by atoms with E-state index in [2.05, 4.69) is 0 Å². The van der Waals surface area contributed by atoms with Crippen LogP contribution in [0.4, 0.5) is 0 Å². The summed E-state index contributed by atoms with van der Waals surface area (Å²) in [5.74, 6) is 0.764. The molecule has 1 unspecified atom stereocenters. The molecule has 1 atom stereocenters. The van der Waals surface area contributed by atoms with Crippen LogP contribution >= 0.6 is 23.2 Å². The lowest BCUT2D eigenvalue weighted by Crippen LogP contribution is -2.07. The molecule has 0 saturated carbocycles. The van der Waals surface area contributed by atoms with E-state index < -0.39 is 6.10 Å². The third-order valence-corrected chi connectivity index (χ3v) is 1.19. The lowest BCUT2D eigenvalue weighted by molar-refractivity contribution is 0.195. The van der Waals surface area contributed by atoms with Gasteiger partial charge in [0, 0.05) is 11.8 Å². The van der Waals surface area contributed by atoms with Gasteiger partial charge in [-0.25, -0.2) is 0 Å². The van der Waals surface area contributed by atoms with Crippen LogP contribution in [0.2, 0.25) is 0 Å². The third kappa shape index (κ3) is 6.50. The van der Waals surface area contributed by atoms with Crippen molar-refractivity contribution in [3.63, 3.8) is 0 Å². The summed E-state index contributed by atoms with van der Waals surface area (Å²) in [6.07, 6.45) is 0.171. The molecule has 0 amide bonds. The lowest BCUT2D eigenvalue weighted by Gasteiger charge is -1.99. The lowest BCUT2D eigenvalue weighted by atomic mass is 10.3. The number of rotatable bonds is 3. The van der Waals surface area contributed by atoms with Crippen molar-refractivity contribution in [3.8, 4) is 0 Å². The SMILES string of the molecule is N.OC(CCl)CCCl. The molecule has 0 aromatic heterocycles. The number of hydrogen-bond acceptors (Lipinski definition) is 2. The number of aliphatic hydroxyl groups excluding tert-OH is 1. The molecule has 0 spiro atoms. The van der Waals surface area contributed by atoms with Gasteiger partial charge in [0.25, 0.3) is 0 Å². The summed E-state index contributed by atoms with van der Waals surface area (Å²) in [5.41, 5.74) is 0. The summed E-state index contributed by atoms with van der Waals surface area (Å²) < 4.78 is 0. The van der Waals surface area contributed by atoms with Crippen molar-refractivity contribution in [2.24, 2.45) is 0 Å². The quantitative estimate of drug-likeness (QED) is 0.612. The Balaban J connectivity index is 0. The Labute approximate surface area is 59.4 Å². The molecular formula is C4H11Cl2NO. The molecule has 0 aromatic rings. The number of halogens is 2. The molecule has 0 fully saturated rings. The van der Waals surface area contributed by atoms with E-state index >= 15 is 0 Å². The zero-order valence-corrected chi connectivity index (χ0v) is 6.12. The van der Waals surface area contributed by atoms with E-state index in [0.717, 1.165) is 0 Å². The van der Waals surface area contributed by atoms with Gasteiger partial charge in [-0.3, -0.25) is 0 Å². The fourth-order valence-electron chi connectivity index (χ4n) is 0.203. The number of aliphatic hydroxyl groups is 1. The van der Waals surface area contributed by atoms with E-state index in [0.29, 0.717) is 12.3 Å². The van der Waals surface area contributed by atoms with Crippen molar-refractivity contribution >= 4 is 23.2 Å². The predicted octanol–water partition coefficient (Wildman–Crippen LogP) is 1.38. The molecular weight excluding hydrogens is 149 g/mol. The van der Waals surface area contributed by atoms with Crippen molar-refractivity contribution in [2.45, 2.75) is 12.5 Å². The van der Waals surface area contributed by atoms with Gasteiger partial charge in [-0.05, 0) is 6.42 Å². The van der Waals surface area contributed by atoms with Crippen molar-refractivity contribution in [3.05, 3.63) is 0 Å². The molecule has 0 radical (unpaired) electrons. The Morgan fingerprint density at radius 1 is 1.38 bits per heavy atom. The molecule has 52 valence electrons. The van der Waals surface area contributed by atoms with Gasteiger partial charge in [-0.15, -0.1) is 23.2 Å². The van der Waals surface area contributed by atoms with E-state index in [1.807, 2.05) is 0 Å². The van der Waals surface area contributed by atoms with Gasteiger partial charge in [-0.2, -0.15) is 0 Å². The van der Waals surface area contributed by atoms with E-state index in [-0.39, 0.29) is 12.0 Å². The maximum absolute atomic E-state index is 8.64. The summed E-state index contributed by atoms with van der Waals surface area (Å²) >= 11 is 10.5. The van der Waals surface area contributed by atoms with Crippen molar-refractivity contribution in [1.82, 2.24) is 6.15 Å². The van der Waals surface area contributed by atoms with Crippen molar-refractivity contribution in [1.29, 1.82) is 0 Å². The molecule has 0 saturated heterocycles. The first-order valence-corrected chi connectivity index (χ1v) is 3.18. The largest absolute Gasteiger partial charge is 0.392 e. The standard InChI is InChI=1S/C4H8Cl2O.H3N/c5-2-1-4(7)3-6;/h4,7H,1-3H2;1H3. The monoisotopic (exact) mass is 159 g/mol. The fourth-order valence-corrected chi connectivity index (χ4v) is 0.609. The minimum absolute atomic E-state index is 0. The predicted molar refractivity (Wildman–Crippen MR) is 37.1 cm³/mol. The van der Waals surface area contributed by atoms with Crippen molar-refractivity contribution in [2.75, 3.05) is 11.8 Å². The summed E-state index contributed by atoms with van der Waals surface area (Å²) in [7, 11) is 0.